The number of aliphatic carboxylic acids is 1. The van der Waals surface area contributed by atoms with Gasteiger partial charge in [-0.25, -0.2) is 9.97 Å². The number of hydrogen-bond donors (Lipinski definition) is 1. The molecule has 1 aliphatic rings. The lowest BCUT2D eigenvalue weighted by atomic mass is 9.92. The first-order valence-electron chi connectivity index (χ1n) is 18.3. The summed E-state index contributed by atoms with van der Waals surface area (Å²) in [5.74, 6) is -0.967. The van der Waals surface area contributed by atoms with E-state index < -0.39 is 17.9 Å². The Morgan fingerprint density at radius 3 is 2.22 bits per heavy atom. The first-order chi connectivity index (χ1) is 26.3. The molecule has 2 atom stereocenters. The minimum Gasteiger partial charge on any atom is -0.548 e. The predicted octanol–water partition coefficient (Wildman–Crippen LogP) is 5.66. The van der Waals surface area contributed by atoms with Gasteiger partial charge in [0.25, 0.3) is 5.91 Å². The number of aryl methyl sites for hydroxylation is 1. The van der Waals surface area contributed by atoms with Crippen molar-refractivity contribution in [3.8, 4) is 17.0 Å². The fourth-order valence-electron chi connectivity index (χ4n) is 6.62. The highest BCUT2D eigenvalue weighted by Gasteiger charge is 2.26. The minimum absolute atomic E-state index is 0.0170. The number of pyridine rings is 1. The molecule has 0 radical (unpaired) electrons. The van der Waals surface area contributed by atoms with Crippen molar-refractivity contribution in [1.29, 1.82) is 0 Å². The number of aromatic nitrogens is 3. The average Bonchev–Trinajstić information content (AvgIpc) is 3.20. The summed E-state index contributed by atoms with van der Waals surface area (Å²) in [5, 5.41) is 14.8. The van der Waals surface area contributed by atoms with E-state index in [1.54, 1.807) is 14.0 Å². The molecule has 1 amide bonds. The summed E-state index contributed by atoms with van der Waals surface area (Å²) in [6.07, 6.45) is 4.24. The van der Waals surface area contributed by atoms with Gasteiger partial charge in [0.05, 0.1) is 29.5 Å². The zero-order chi connectivity index (χ0) is 37.9. The highest BCUT2D eigenvalue weighted by Crippen LogP contribution is 2.29. The van der Waals surface area contributed by atoms with Gasteiger partial charge >= 0.3 is 0 Å². The largest absolute Gasteiger partial charge is 0.548 e. The van der Waals surface area contributed by atoms with E-state index in [1.165, 1.54) is 0 Å². The first kappa shape index (κ1) is 38.1. The Morgan fingerprint density at radius 1 is 0.907 bits per heavy atom. The quantitative estimate of drug-likeness (QED) is 0.127. The fourth-order valence-corrected chi connectivity index (χ4v) is 6.62. The molecular formula is C43H46N5O6-. The predicted molar refractivity (Wildman–Crippen MR) is 204 cm³/mol. The van der Waals surface area contributed by atoms with Gasteiger partial charge < -0.3 is 34.3 Å². The zero-order valence-electron chi connectivity index (χ0n) is 30.9. The number of nitrogens with zero attached hydrogens (tertiary/aromatic N) is 4. The molecule has 3 aromatic carbocycles. The molecule has 1 fully saturated rings. The summed E-state index contributed by atoms with van der Waals surface area (Å²) in [4.78, 5) is 42.4. The number of piperidine rings is 1. The molecule has 0 saturated carbocycles. The highest BCUT2D eigenvalue weighted by molar-refractivity contribution is 5.97. The Labute approximate surface area is 316 Å². The number of carboxylic acid groups (broad SMARTS) is 1. The van der Waals surface area contributed by atoms with Crippen LogP contribution in [0, 0.1) is 12.8 Å². The Kier molecular flexibility index (Phi) is 13.0. The van der Waals surface area contributed by atoms with Gasteiger partial charge in [0.1, 0.15) is 19.2 Å². The van der Waals surface area contributed by atoms with Crippen molar-refractivity contribution < 1.29 is 28.9 Å². The molecule has 1 aliphatic heterocycles. The van der Waals surface area contributed by atoms with Crippen molar-refractivity contribution in [3.63, 3.8) is 0 Å². The maximum Gasteiger partial charge on any atom is 0.274 e. The van der Waals surface area contributed by atoms with Gasteiger partial charge in [-0.15, -0.1) is 0 Å². The number of carbonyl (C=O) groups excluding carboxylic acids is 2. The van der Waals surface area contributed by atoms with Gasteiger partial charge in [-0.2, -0.15) is 0 Å². The second kappa shape index (κ2) is 18.4. The summed E-state index contributed by atoms with van der Waals surface area (Å²) >= 11 is 0. The minimum atomic E-state index is -1.38. The highest BCUT2D eigenvalue weighted by atomic mass is 16.7. The van der Waals surface area contributed by atoms with Gasteiger partial charge in [-0.3, -0.25) is 9.78 Å². The summed E-state index contributed by atoms with van der Waals surface area (Å²) in [5.41, 5.74) is 6.29. The lowest BCUT2D eigenvalue weighted by Gasteiger charge is -2.33. The molecular weight excluding hydrogens is 683 g/mol. The van der Waals surface area contributed by atoms with Crippen LogP contribution >= 0.6 is 0 Å². The molecule has 1 saturated heterocycles. The maximum atomic E-state index is 13.8. The zero-order valence-corrected chi connectivity index (χ0v) is 30.9. The van der Waals surface area contributed by atoms with Crippen LogP contribution in [0.4, 0.5) is 5.69 Å². The van der Waals surface area contributed by atoms with E-state index in [2.05, 4.69) is 39.5 Å². The third kappa shape index (κ3) is 10.1. The SMILES string of the molecule is COCOC(C)c1ccc(-c2ccc(N3CCC(Cc4nc(C)c(OCc5ccccc5)c(C(=O)NC(Cc5ccccc5)C(=O)[O-])n4)CC3)cc2)nc1. The van der Waals surface area contributed by atoms with E-state index in [-0.39, 0.29) is 37.4 Å². The second-order valence-corrected chi connectivity index (χ2v) is 13.6. The van der Waals surface area contributed by atoms with Crippen LogP contribution in [0.1, 0.15) is 64.6 Å². The normalized spacial score (nSPS) is 14.3. The van der Waals surface area contributed by atoms with E-state index in [9.17, 15) is 14.7 Å². The number of anilines is 1. The molecule has 3 heterocycles. The summed E-state index contributed by atoms with van der Waals surface area (Å²) in [6, 6.07) is 30.0. The van der Waals surface area contributed by atoms with E-state index in [0.29, 0.717) is 23.9 Å². The molecule has 5 aromatic rings. The molecule has 11 heteroatoms. The molecule has 0 bridgehead atoms. The van der Waals surface area contributed by atoms with Crippen molar-refractivity contribution in [2.45, 2.75) is 58.3 Å². The molecule has 2 unspecified atom stereocenters. The van der Waals surface area contributed by atoms with Gasteiger partial charge in [0.15, 0.2) is 11.4 Å². The van der Waals surface area contributed by atoms with Crippen LogP contribution in [-0.4, -0.2) is 59.9 Å². The molecule has 54 heavy (non-hydrogen) atoms. The summed E-state index contributed by atoms with van der Waals surface area (Å²) < 4.78 is 16.8. The van der Waals surface area contributed by atoms with Crippen molar-refractivity contribution in [2.75, 3.05) is 31.9 Å². The van der Waals surface area contributed by atoms with E-state index in [4.69, 9.17) is 24.2 Å². The second-order valence-electron chi connectivity index (χ2n) is 13.6. The molecule has 0 aliphatic carbocycles. The number of ether oxygens (including phenoxy) is 3. The Morgan fingerprint density at radius 2 is 1.59 bits per heavy atom. The number of methoxy groups -OCH3 is 1. The molecule has 0 spiro atoms. The standard InChI is InChI=1S/C43H47N5O6/c1-29-41(53-27-33-12-8-5-9-13-33)40(42(49)46-38(43(50)51)24-31-10-6-4-7-11-31)47-39(45-29)25-32-20-22-48(23-21-32)36-17-14-34(15-18-36)37-19-16-35(26-44-37)30(2)54-28-52-3/h4-19,26,30,32,38H,20-25,27-28H2,1-3H3,(H,46,49)(H,50,51)/p-1. The Balaban J connectivity index is 1.11. The van der Waals surface area contributed by atoms with E-state index in [0.717, 1.165) is 59.6 Å². The molecule has 1 N–H and O–H groups in total. The molecule has 11 nitrogen and oxygen atoms in total. The van der Waals surface area contributed by atoms with Crippen LogP contribution in [0.5, 0.6) is 5.75 Å². The number of carbonyl (C=O) groups is 2. The fraction of sp³-hybridized carbons (Fsp3) is 0.326. The van der Waals surface area contributed by atoms with Crippen LogP contribution in [0.15, 0.2) is 103 Å². The van der Waals surface area contributed by atoms with Gasteiger partial charge in [-0.1, -0.05) is 78.9 Å². The lowest BCUT2D eigenvalue weighted by Crippen LogP contribution is -2.49. The van der Waals surface area contributed by atoms with Crippen LogP contribution < -0.4 is 20.1 Å². The van der Waals surface area contributed by atoms with Crippen LogP contribution in [0.25, 0.3) is 11.3 Å². The monoisotopic (exact) mass is 728 g/mol. The summed E-state index contributed by atoms with van der Waals surface area (Å²) in [7, 11) is 1.60. The number of amides is 1. The van der Waals surface area contributed by atoms with Crippen LogP contribution in [-0.2, 0) is 33.7 Å². The maximum absolute atomic E-state index is 13.8. The van der Waals surface area contributed by atoms with E-state index in [1.807, 2.05) is 85.9 Å². The number of nitrogens with one attached hydrogen (secondary N) is 1. The number of carboxylic acids is 1. The van der Waals surface area contributed by atoms with Gasteiger partial charge in [0.2, 0.25) is 0 Å². The number of hydrogen-bond acceptors (Lipinski definition) is 10. The topological polar surface area (TPSA) is 139 Å². The molecule has 6 rings (SSSR count). The van der Waals surface area contributed by atoms with Crippen molar-refractivity contribution >= 4 is 17.6 Å². The van der Waals surface area contributed by atoms with Gasteiger partial charge in [0, 0.05) is 44.1 Å². The smallest absolute Gasteiger partial charge is 0.274 e. The number of rotatable bonds is 16. The molecule has 2 aromatic heterocycles. The lowest BCUT2D eigenvalue weighted by molar-refractivity contribution is -0.308. The summed E-state index contributed by atoms with van der Waals surface area (Å²) in [6.45, 7) is 5.93. The Bertz CT molecular complexity index is 1970. The Hall–Kier alpha value is -5.65. The third-order valence-corrected chi connectivity index (χ3v) is 9.70. The average molecular weight is 729 g/mol. The molecule has 280 valence electrons. The number of benzene rings is 3. The van der Waals surface area contributed by atoms with E-state index >= 15 is 0 Å². The van der Waals surface area contributed by atoms with Crippen molar-refractivity contribution in [2.24, 2.45) is 5.92 Å². The first-order valence-corrected chi connectivity index (χ1v) is 18.3. The third-order valence-electron chi connectivity index (χ3n) is 9.70. The van der Waals surface area contributed by atoms with Crippen molar-refractivity contribution in [1.82, 2.24) is 20.3 Å². The van der Waals surface area contributed by atoms with Crippen LogP contribution in [0.2, 0.25) is 0 Å². The van der Waals surface area contributed by atoms with Gasteiger partial charge in [-0.05, 0) is 73.9 Å². The van der Waals surface area contributed by atoms with Crippen LogP contribution in [0.3, 0.4) is 0 Å². The van der Waals surface area contributed by atoms with Crippen molar-refractivity contribution in [3.05, 3.63) is 137 Å².